The summed E-state index contributed by atoms with van der Waals surface area (Å²) in [4.78, 5) is 0. The second-order valence-corrected chi connectivity index (χ2v) is 3.53. The predicted molar refractivity (Wildman–Crippen MR) is 48.1 cm³/mol. The number of unbranched alkanes of at least 4 members (excludes halogenated alkanes) is 1. The molecule has 0 radical (unpaired) electrons. The summed E-state index contributed by atoms with van der Waals surface area (Å²) in [5.41, 5.74) is 0.412. The smallest absolute Gasteiger partial charge is 0.0177 e. The number of allylic oxidation sites excluding steroid dienone is 2. The van der Waals surface area contributed by atoms with Crippen LogP contribution in [-0.4, -0.2) is 0 Å². The molecule has 60 valence electrons. The second kappa shape index (κ2) is 4.54. The summed E-state index contributed by atoms with van der Waals surface area (Å²) in [6.45, 7) is 9.00. The maximum Gasteiger partial charge on any atom is -0.0177 e. The van der Waals surface area contributed by atoms with Gasteiger partial charge in [-0.05, 0) is 18.3 Å². The van der Waals surface area contributed by atoms with Gasteiger partial charge < -0.3 is 0 Å². The van der Waals surface area contributed by atoms with Crippen LogP contribution in [-0.2, 0) is 0 Å². The van der Waals surface area contributed by atoms with E-state index in [1.807, 2.05) is 0 Å². The van der Waals surface area contributed by atoms with Crippen molar-refractivity contribution in [3.63, 3.8) is 0 Å². The molecule has 0 aliphatic carbocycles. The van der Waals surface area contributed by atoms with E-state index < -0.39 is 0 Å². The molecule has 0 unspecified atom stereocenters. The fraction of sp³-hybridized carbons (Fsp3) is 0.800. The fourth-order valence-electron chi connectivity index (χ4n) is 0.687. The third kappa shape index (κ3) is 4.60. The molecule has 0 saturated carbocycles. The van der Waals surface area contributed by atoms with Crippen molar-refractivity contribution in [1.29, 1.82) is 0 Å². The van der Waals surface area contributed by atoms with Crippen molar-refractivity contribution in [2.45, 2.75) is 47.0 Å². The highest BCUT2D eigenvalue weighted by atomic mass is 14.1. The molecule has 10 heavy (non-hydrogen) atoms. The Labute approximate surface area is 65.3 Å². The molecule has 0 heterocycles. The number of rotatable bonds is 4. The van der Waals surface area contributed by atoms with Crippen molar-refractivity contribution in [3.8, 4) is 0 Å². The summed E-state index contributed by atoms with van der Waals surface area (Å²) in [6, 6.07) is 0. The Kier molecular flexibility index (Phi) is 4.42. The summed E-state index contributed by atoms with van der Waals surface area (Å²) in [5.74, 6) is 0. The van der Waals surface area contributed by atoms with Crippen LogP contribution in [0.25, 0.3) is 0 Å². The Balaban J connectivity index is 3.63. The molecular weight excluding hydrogens is 120 g/mol. The third-order valence-electron chi connectivity index (χ3n) is 1.94. The third-order valence-corrected chi connectivity index (χ3v) is 1.94. The molecule has 0 aromatic carbocycles. The minimum absolute atomic E-state index is 0.412. The minimum Gasteiger partial charge on any atom is -0.0880 e. The molecule has 0 rings (SSSR count). The van der Waals surface area contributed by atoms with E-state index in [0.717, 1.165) is 0 Å². The van der Waals surface area contributed by atoms with Gasteiger partial charge in [-0.15, -0.1) is 0 Å². The lowest BCUT2D eigenvalue weighted by Gasteiger charge is -2.16. The summed E-state index contributed by atoms with van der Waals surface area (Å²) in [6.07, 6.45) is 8.34. The molecule has 0 aliphatic rings. The van der Waals surface area contributed by atoms with E-state index in [4.69, 9.17) is 0 Å². The molecule has 0 atom stereocenters. The first-order chi connectivity index (χ1) is 4.62. The van der Waals surface area contributed by atoms with Crippen LogP contribution in [0.2, 0.25) is 0 Å². The highest BCUT2D eigenvalue weighted by Gasteiger charge is 2.08. The maximum absolute atomic E-state index is 2.33. The van der Waals surface area contributed by atoms with Crippen LogP contribution in [0.1, 0.15) is 47.0 Å². The van der Waals surface area contributed by atoms with Crippen LogP contribution in [0.4, 0.5) is 0 Å². The first-order valence-corrected chi connectivity index (χ1v) is 4.30. The largest absolute Gasteiger partial charge is 0.0880 e. The summed E-state index contributed by atoms with van der Waals surface area (Å²) < 4.78 is 0. The van der Waals surface area contributed by atoms with Crippen molar-refractivity contribution in [1.82, 2.24) is 0 Å². The molecule has 0 heteroatoms. The Bertz CT molecular complexity index is 98.6. The van der Waals surface area contributed by atoms with Crippen molar-refractivity contribution in [3.05, 3.63) is 12.2 Å². The van der Waals surface area contributed by atoms with E-state index in [1.165, 1.54) is 19.3 Å². The Morgan fingerprint density at radius 2 is 1.80 bits per heavy atom. The summed E-state index contributed by atoms with van der Waals surface area (Å²) in [7, 11) is 0. The van der Waals surface area contributed by atoms with Crippen molar-refractivity contribution in [2.75, 3.05) is 0 Å². The first kappa shape index (κ1) is 9.74. The zero-order valence-electron chi connectivity index (χ0n) is 7.78. The molecule has 0 bridgehead atoms. The van der Waals surface area contributed by atoms with Gasteiger partial charge in [-0.3, -0.25) is 0 Å². The number of hydrogen-bond acceptors (Lipinski definition) is 0. The molecule has 0 nitrogen and oxygen atoms in total. The molecule has 0 saturated heterocycles. The van der Waals surface area contributed by atoms with Gasteiger partial charge in [0.15, 0.2) is 0 Å². The standard InChI is InChI=1S/C10H20/c1-5-7-8-9-10(3,4)6-2/h8-9H,5-7H2,1-4H3/b9-8+. The molecule has 0 amide bonds. The SMILES string of the molecule is CCC/C=C/C(C)(C)CC. The molecule has 0 N–H and O–H groups in total. The normalized spacial score (nSPS) is 12.8. The highest BCUT2D eigenvalue weighted by Crippen LogP contribution is 2.21. The number of hydrogen-bond donors (Lipinski definition) is 0. The summed E-state index contributed by atoms with van der Waals surface area (Å²) >= 11 is 0. The lowest BCUT2D eigenvalue weighted by molar-refractivity contribution is 0.460. The van der Waals surface area contributed by atoms with Gasteiger partial charge in [0.1, 0.15) is 0 Å². The van der Waals surface area contributed by atoms with E-state index in [1.54, 1.807) is 0 Å². The van der Waals surface area contributed by atoms with Gasteiger partial charge in [0.25, 0.3) is 0 Å². The van der Waals surface area contributed by atoms with Gasteiger partial charge in [0.05, 0.1) is 0 Å². The van der Waals surface area contributed by atoms with E-state index >= 15 is 0 Å². The molecule has 0 fully saturated rings. The quantitative estimate of drug-likeness (QED) is 0.521. The topological polar surface area (TPSA) is 0 Å². The fourth-order valence-corrected chi connectivity index (χ4v) is 0.687. The van der Waals surface area contributed by atoms with Crippen LogP contribution in [0.15, 0.2) is 12.2 Å². The van der Waals surface area contributed by atoms with E-state index in [-0.39, 0.29) is 0 Å². The highest BCUT2D eigenvalue weighted by molar-refractivity contribution is 4.93. The zero-order valence-corrected chi connectivity index (χ0v) is 7.78. The Hall–Kier alpha value is -0.260. The molecule has 0 aromatic heterocycles. The molecule has 0 aliphatic heterocycles. The van der Waals surface area contributed by atoms with Crippen LogP contribution in [0.5, 0.6) is 0 Å². The minimum atomic E-state index is 0.412. The zero-order chi connectivity index (χ0) is 8.04. The summed E-state index contributed by atoms with van der Waals surface area (Å²) in [5, 5.41) is 0. The van der Waals surface area contributed by atoms with Gasteiger partial charge in [-0.1, -0.05) is 46.3 Å². The van der Waals surface area contributed by atoms with Gasteiger partial charge in [-0.2, -0.15) is 0 Å². The monoisotopic (exact) mass is 140 g/mol. The maximum atomic E-state index is 2.33. The average molecular weight is 140 g/mol. The van der Waals surface area contributed by atoms with Crippen molar-refractivity contribution in [2.24, 2.45) is 5.41 Å². The van der Waals surface area contributed by atoms with E-state index in [2.05, 4.69) is 39.8 Å². The van der Waals surface area contributed by atoms with Crippen LogP contribution >= 0.6 is 0 Å². The molecule has 0 spiro atoms. The first-order valence-electron chi connectivity index (χ1n) is 4.30. The van der Waals surface area contributed by atoms with Gasteiger partial charge >= 0.3 is 0 Å². The van der Waals surface area contributed by atoms with Gasteiger partial charge in [-0.25, -0.2) is 0 Å². The Morgan fingerprint density at radius 3 is 2.20 bits per heavy atom. The lowest BCUT2D eigenvalue weighted by Crippen LogP contribution is -2.03. The molecule has 0 aromatic rings. The van der Waals surface area contributed by atoms with Crippen molar-refractivity contribution >= 4 is 0 Å². The van der Waals surface area contributed by atoms with Crippen LogP contribution in [0, 0.1) is 5.41 Å². The molecular formula is C10H20. The van der Waals surface area contributed by atoms with E-state index in [0.29, 0.717) is 5.41 Å². The van der Waals surface area contributed by atoms with Crippen LogP contribution < -0.4 is 0 Å². The van der Waals surface area contributed by atoms with Gasteiger partial charge in [0, 0.05) is 0 Å². The Morgan fingerprint density at radius 1 is 1.20 bits per heavy atom. The second-order valence-electron chi connectivity index (χ2n) is 3.53. The van der Waals surface area contributed by atoms with Crippen LogP contribution in [0.3, 0.4) is 0 Å². The van der Waals surface area contributed by atoms with Crippen molar-refractivity contribution < 1.29 is 0 Å². The predicted octanol–water partition coefficient (Wildman–Crippen LogP) is 3.78. The average Bonchev–Trinajstić information content (AvgIpc) is 1.89. The van der Waals surface area contributed by atoms with Gasteiger partial charge in [0.2, 0.25) is 0 Å². The lowest BCUT2D eigenvalue weighted by atomic mass is 9.90. The van der Waals surface area contributed by atoms with E-state index in [9.17, 15) is 0 Å².